The Morgan fingerprint density at radius 1 is 1.18 bits per heavy atom. The molecular formula is C20H19Cl2NO5. The lowest BCUT2D eigenvalue weighted by Gasteiger charge is -2.12. The largest absolute Gasteiger partial charge is 0.457 e. The number of hydrogen-bond donors (Lipinski definition) is 0. The average Bonchev–Trinajstić information content (AvgIpc) is 2.98. The Balaban J connectivity index is 1.52. The first-order valence-corrected chi connectivity index (χ1v) is 9.57. The number of carbonyl (C=O) groups is 2. The van der Waals surface area contributed by atoms with Gasteiger partial charge >= 0.3 is 5.97 Å². The number of nitrogens with zero attached hydrogens (tertiary/aromatic N) is 1. The summed E-state index contributed by atoms with van der Waals surface area (Å²) in [5.74, 6) is 0.510. The lowest BCUT2D eigenvalue weighted by atomic mass is 10.1. The minimum Gasteiger partial charge on any atom is -0.457 e. The summed E-state index contributed by atoms with van der Waals surface area (Å²) in [7, 11) is 0. The number of aromatic nitrogens is 1. The van der Waals surface area contributed by atoms with Crippen LogP contribution in [0.4, 0.5) is 0 Å². The molecule has 0 saturated heterocycles. The number of ether oxygens (including phenoxy) is 3. The summed E-state index contributed by atoms with van der Waals surface area (Å²) in [4.78, 5) is 24.9. The van der Waals surface area contributed by atoms with Crippen molar-refractivity contribution in [2.75, 3.05) is 13.4 Å². The number of aryl methyl sites for hydroxylation is 1. The summed E-state index contributed by atoms with van der Waals surface area (Å²) in [5, 5.41) is 0. The predicted octanol–water partition coefficient (Wildman–Crippen LogP) is 4.13. The molecule has 148 valence electrons. The van der Waals surface area contributed by atoms with Gasteiger partial charge in [0, 0.05) is 35.1 Å². The third kappa shape index (κ3) is 2.95. The van der Waals surface area contributed by atoms with Crippen LogP contribution in [0.25, 0.3) is 5.69 Å². The molecule has 4 rings (SSSR count). The molecule has 0 spiro atoms. The van der Waals surface area contributed by atoms with E-state index in [4.69, 9.17) is 37.4 Å². The molecule has 0 amide bonds. The topological polar surface area (TPSA) is 66.8 Å². The van der Waals surface area contributed by atoms with Gasteiger partial charge in [-0.25, -0.2) is 0 Å². The van der Waals surface area contributed by atoms with Crippen LogP contribution in [0.5, 0.6) is 11.5 Å². The molecule has 1 aliphatic carbocycles. The Kier molecular flexibility index (Phi) is 4.39. The molecule has 0 bridgehead atoms. The van der Waals surface area contributed by atoms with Gasteiger partial charge in [-0.15, -0.1) is 23.2 Å². The van der Waals surface area contributed by atoms with E-state index in [0.29, 0.717) is 23.5 Å². The summed E-state index contributed by atoms with van der Waals surface area (Å²) >= 11 is 12.0. The van der Waals surface area contributed by atoms with Crippen LogP contribution in [0.15, 0.2) is 24.3 Å². The first-order chi connectivity index (χ1) is 13.1. The van der Waals surface area contributed by atoms with Gasteiger partial charge < -0.3 is 18.8 Å². The van der Waals surface area contributed by atoms with E-state index in [-0.39, 0.29) is 19.2 Å². The molecular weight excluding hydrogens is 405 g/mol. The fourth-order valence-corrected chi connectivity index (χ4v) is 4.15. The van der Waals surface area contributed by atoms with E-state index >= 15 is 0 Å². The molecule has 1 fully saturated rings. The van der Waals surface area contributed by atoms with Crippen LogP contribution in [0.1, 0.15) is 35.1 Å². The highest BCUT2D eigenvalue weighted by Crippen LogP contribution is 2.64. The summed E-state index contributed by atoms with van der Waals surface area (Å²) in [5.41, 5.74) is 2.02. The van der Waals surface area contributed by atoms with Crippen LogP contribution in [0.2, 0.25) is 0 Å². The molecule has 1 aromatic carbocycles. The number of Topliss-reactive ketones (excluding diaryl/α,β-unsaturated/α-hetero) is 1. The molecule has 1 aliphatic heterocycles. The molecule has 6 nitrogen and oxygen atoms in total. The second-order valence-electron chi connectivity index (χ2n) is 7.37. The Bertz CT molecular complexity index is 997. The van der Waals surface area contributed by atoms with Crippen molar-refractivity contribution in [2.45, 2.75) is 31.5 Å². The van der Waals surface area contributed by atoms with Gasteiger partial charge in [0.05, 0.1) is 0 Å². The fourth-order valence-electron chi connectivity index (χ4n) is 3.46. The number of halogens is 2. The van der Waals surface area contributed by atoms with E-state index in [2.05, 4.69) is 0 Å². The molecule has 0 radical (unpaired) electrons. The van der Waals surface area contributed by atoms with Crippen molar-refractivity contribution in [3.63, 3.8) is 0 Å². The SMILES string of the molecule is Cc1cc(C(=O)COC(=O)C2(C)CC2(Cl)Cl)c(C)n1-c1ccc2c(c1)OCO2. The number of ketones is 1. The highest BCUT2D eigenvalue weighted by Gasteiger charge is 2.69. The van der Waals surface area contributed by atoms with Crippen molar-refractivity contribution in [3.05, 3.63) is 41.2 Å². The van der Waals surface area contributed by atoms with Crippen molar-refractivity contribution in [2.24, 2.45) is 5.41 Å². The minimum atomic E-state index is -1.12. The van der Waals surface area contributed by atoms with Crippen molar-refractivity contribution < 1.29 is 23.8 Å². The van der Waals surface area contributed by atoms with Gasteiger partial charge in [0.1, 0.15) is 9.75 Å². The quantitative estimate of drug-likeness (QED) is 0.410. The monoisotopic (exact) mass is 423 g/mol. The average molecular weight is 424 g/mol. The van der Waals surface area contributed by atoms with Gasteiger partial charge in [-0.1, -0.05) is 0 Å². The van der Waals surface area contributed by atoms with Crippen LogP contribution in [0.3, 0.4) is 0 Å². The maximum Gasteiger partial charge on any atom is 0.315 e. The normalized spacial score (nSPS) is 21.5. The van der Waals surface area contributed by atoms with Gasteiger partial charge in [-0.05, 0) is 39.0 Å². The van der Waals surface area contributed by atoms with Crippen LogP contribution in [-0.4, -0.2) is 34.1 Å². The number of alkyl halides is 2. The lowest BCUT2D eigenvalue weighted by molar-refractivity contribution is -0.148. The third-order valence-corrected chi connectivity index (χ3v) is 6.49. The smallest absolute Gasteiger partial charge is 0.315 e. The van der Waals surface area contributed by atoms with E-state index in [1.54, 1.807) is 13.0 Å². The minimum absolute atomic E-state index is 0.197. The highest BCUT2D eigenvalue weighted by molar-refractivity contribution is 6.53. The molecule has 2 aromatic rings. The summed E-state index contributed by atoms with van der Waals surface area (Å²) < 4.78 is 16.8. The van der Waals surface area contributed by atoms with Crippen molar-refractivity contribution in [3.8, 4) is 17.2 Å². The molecule has 2 aliphatic rings. The lowest BCUT2D eigenvalue weighted by Crippen LogP contribution is -2.24. The Labute approximate surface area is 172 Å². The van der Waals surface area contributed by atoms with Crippen LogP contribution >= 0.6 is 23.2 Å². The van der Waals surface area contributed by atoms with E-state index in [9.17, 15) is 9.59 Å². The van der Waals surface area contributed by atoms with Gasteiger partial charge in [-0.3, -0.25) is 9.59 Å². The van der Waals surface area contributed by atoms with Gasteiger partial charge in [0.2, 0.25) is 12.6 Å². The molecule has 8 heteroatoms. The number of rotatable bonds is 5. The zero-order chi connectivity index (χ0) is 20.3. The standard InChI is InChI=1S/C20H19Cl2NO5/c1-11-6-14(15(24)8-26-18(25)19(3)9-20(19,21)22)12(2)23(11)13-4-5-16-17(7-13)28-10-27-16/h4-7H,8-10H2,1-3H3. The zero-order valence-electron chi connectivity index (χ0n) is 15.7. The Hall–Kier alpha value is -2.18. The van der Waals surface area contributed by atoms with Gasteiger partial charge in [0.25, 0.3) is 0 Å². The van der Waals surface area contributed by atoms with Crippen molar-refractivity contribution in [1.29, 1.82) is 0 Å². The second-order valence-corrected chi connectivity index (χ2v) is 8.85. The maximum absolute atomic E-state index is 12.7. The van der Waals surface area contributed by atoms with E-state index in [0.717, 1.165) is 17.1 Å². The van der Waals surface area contributed by atoms with Crippen LogP contribution in [0, 0.1) is 19.3 Å². The van der Waals surface area contributed by atoms with E-state index in [1.165, 1.54) is 0 Å². The molecule has 1 atom stereocenters. The van der Waals surface area contributed by atoms with Gasteiger partial charge in [0.15, 0.2) is 18.1 Å². The number of fused-ring (bicyclic) bond motifs is 1. The summed E-state index contributed by atoms with van der Waals surface area (Å²) in [6, 6.07) is 7.38. The Morgan fingerprint density at radius 3 is 2.54 bits per heavy atom. The van der Waals surface area contributed by atoms with Crippen LogP contribution in [-0.2, 0) is 9.53 Å². The highest BCUT2D eigenvalue weighted by atomic mass is 35.5. The number of carbonyl (C=O) groups excluding carboxylic acids is 2. The fraction of sp³-hybridized carbons (Fsp3) is 0.400. The number of benzene rings is 1. The molecule has 1 aromatic heterocycles. The number of esters is 1. The maximum atomic E-state index is 12.7. The van der Waals surface area contributed by atoms with E-state index in [1.807, 2.05) is 36.6 Å². The molecule has 1 unspecified atom stereocenters. The number of hydrogen-bond acceptors (Lipinski definition) is 5. The summed E-state index contributed by atoms with van der Waals surface area (Å²) in [6.45, 7) is 5.22. The molecule has 0 N–H and O–H groups in total. The second kappa shape index (κ2) is 6.42. The van der Waals surface area contributed by atoms with Crippen molar-refractivity contribution >= 4 is 35.0 Å². The zero-order valence-corrected chi connectivity index (χ0v) is 17.2. The summed E-state index contributed by atoms with van der Waals surface area (Å²) in [6.07, 6.45) is 0.314. The predicted molar refractivity (Wildman–Crippen MR) is 104 cm³/mol. The third-order valence-electron chi connectivity index (χ3n) is 5.39. The first kappa shape index (κ1) is 19.2. The van der Waals surface area contributed by atoms with Crippen LogP contribution < -0.4 is 9.47 Å². The van der Waals surface area contributed by atoms with E-state index < -0.39 is 15.7 Å². The molecule has 28 heavy (non-hydrogen) atoms. The Morgan fingerprint density at radius 2 is 1.86 bits per heavy atom. The van der Waals surface area contributed by atoms with Crippen molar-refractivity contribution in [1.82, 2.24) is 4.57 Å². The van der Waals surface area contributed by atoms with Gasteiger partial charge in [-0.2, -0.15) is 0 Å². The molecule has 1 saturated carbocycles. The first-order valence-electron chi connectivity index (χ1n) is 8.81. The molecule has 2 heterocycles.